The Morgan fingerprint density at radius 1 is 1.09 bits per heavy atom. The Bertz CT molecular complexity index is 1370. The van der Waals surface area contributed by atoms with Gasteiger partial charge in [-0.1, -0.05) is 12.1 Å². The first kappa shape index (κ1) is 21.4. The zero-order chi connectivity index (χ0) is 23.5. The van der Waals surface area contributed by atoms with Crippen LogP contribution in [0.3, 0.4) is 0 Å². The Morgan fingerprint density at radius 2 is 1.79 bits per heavy atom. The number of para-hydroxylation sites is 1. The van der Waals surface area contributed by atoms with Gasteiger partial charge in [-0.25, -0.2) is 13.1 Å². The predicted molar refractivity (Wildman–Crippen MR) is 126 cm³/mol. The summed E-state index contributed by atoms with van der Waals surface area (Å²) in [6, 6.07) is 14.2. The largest absolute Gasteiger partial charge is 0.482 e. The summed E-state index contributed by atoms with van der Waals surface area (Å²) in [5.74, 6) is 0.742. The number of carbonyl (C=O) groups excluding carboxylic acids is 1. The summed E-state index contributed by atoms with van der Waals surface area (Å²) in [4.78, 5) is 15.2. The summed E-state index contributed by atoms with van der Waals surface area (Å²) < 4.78 is 35.9. The smallest absolute Gasteiger partial charge is 0.253 e. The van der Waals surface area contributed by atoms with Crippen molar-refractivity contribution < 1.29 is 17.9 Å². The molecule has 3 aromatic rings. The van der Waals surface area contributed by atoms with Crippen molar-refractivity contribution in [2.45, 2.75) is 42.2 Å². The molecule has 0 bridgehead atoms. The summed E-state index contributed by atoms with van der Waals surface area (Å²) in [5, 5.41) is 4.50. The van der Waals surface area contributed by atoms with Gasteiger partial charge in [0.05, 0.1) is 16.8 Å². The highest BCUT2D eigenvalue weighted by molar-refractivity contribution is 7.89. The maximum Gasteiger partial charge on any atom is 0.253 e. The highest BCUT2D eigenvalue weighted by Crippen LogP contribution is 2.49. The number of ether oxygens (including phenoxy) is 1. The van der Waals surface area contributed by atoms with E-state index in [-0.39, 0.29) is 16.8 Å². The molecule has 1 N–H and O–H groups in total. The molecule has 3 heterocycles. The zero-order valence-electron chi connectivity index (χ0n) is 18.9. The van der Waals surface area contributed by atoms with E-state index in [0.29, 0.717) is 31.5 Å². The number of benzene rings is 2. The van der Waals surface area contributed by atoms with Crippen molar-refractivity contribution in [1.82, 2.24) is 19.4 Å². The van der Waals surface area contributed by atoms with Gasteiger partial charge in [0.25, 0.3) is 5.91 Å². The first-order valence-electron chi connectivity index (χ1n) is 11.6. The number of aromatic nitrogens is 2. The fourth-order valence-electron chi connectivity index (χ4n) is 5.00. The lowest BCUT2D eigenvalue weighted by atomic mass is 9.81. The van der Waals surface area contributed by atoms with Gasteiger partial charge >= 0.3 is 0 Å². The zero-order valence-corrected chi connectivity index (χ0v) is 19.7. The number of fused-ring (bicyclic) bond motifs is 4. The third kappa shape index (κ3) is 3.50. The number of piperidine rings is 1. The molecular weight excluding hydrogens is 452 g/mol. The lowest BCUT2D eigenvalue weighted by Gasteiger charge is -2.44. The van der Waals surface area contributed by atoms with Crippen molar-refractivity contribution in [3.05, 3.63) is 65.9 Å². The van der Waals surface area contributed by atoms with Crippen LogP contribution in [0.15, 0.2) is 59.6 Å². The normalized spacial score (nSPS) is 18.8. The van der Waals surface area contributed by atoms with Crippen LogP contribution in [0.5, 0.6) is 5.75 Å². The van der Waals surface area contributed by atoms with Gasteiger partial charge in [0, 0.05) is 55.7 Å². The Balaban J connectivity index is 1.19. The van der Waals surface area contributed by atoms with Crippen molar-refractivity contribution in [2.75, 3.05) is 13.1 Å². The molecule has 1 amide bonds. The second kappa shape index (κ2) is 7.68. The van der Waals surface area contributed by atoms with E-state index in [0.717, 1.165) is 35.4 Å². The average Bonchev–Trinajstić information content (AvgIpc) is 3.56. The van der Waals surface area contributed by atoms with Crippen LogP contribution >= 0.6 is 0 Å². The molecule has 0 atom stereocenters. The predicted octanol–water partition coefficient (Wildman–Crippen LogP) is 3.05. The number of carbonyl (C=O) groups is 1. The number of amides is 1. The van der Waals surface area contributed by atoms with Crippen LogP contribution in [0.1, 0.15) is 41.6 Å². The van der Waals surface area contributed by atoms with Crippen LogP contribution in [0.2, 0.25) is 0 Å². The SMILES string of the molecule is Cn1ncc2c1-c1ccccc1OC21CCN(C(=O)c2ccc(S(=O)(=O)NC3CC3)cc2)CC1. The van der Waals surface area contributed by atoms with Crippen molar-refractivity contribution in [2.24, 2.45) is 7.05 Å². The van der Waals surface area contributed by atoms with Gasteiger partial charge in [0.15, 0.2) is 0 Å². The van der Waals surface area contributed by atoms with Gasteiger partial charge in [-0.15, -0.1) is 0 Å². The van der Waals surface area contributed by atoms with Crippen LogP contribution in [-0.2, 0) is 22.7 Å². The minimum Gasteiger partial charge on any atom is -0.482 e. The maximum atomic E-state index is 13.2. The molecule has 2 aliphatic heterocycles. The fourth-order valence-corrected chi connectivity index (χ4v) is 6.30. The van der Waals surface area contributed by atoms with E-state index in [1.165, 1.54) is 12.1 Å². The molecule has 0 unspecified atom stereocenters. The second-order valence-corrected chi connectivity index (χ2v) is 11.0. The number of hydrogen-bond acceptors (Lipinski definition) is 5. The highest BCUT2D eigenvalue weighted by Gasteiger charge is 2.45. The Labute approximate surface area is 198 Å². The monoisotopic (exact) mass is 478 g/mol. The van der Waals surface area contributed by atoms with Crippen molar-refractivity contribution in [3.8, 4) is 17.0 Å². The van der Waals surface area contributed by atoms with Crippen LogP contribution in [0, 0.1) is 0 Å². The van der Waals surface area contributed by atoms with Gasteiger partial charge < -0.3 is 9.64 Å². The molecule has 8 nitrogen and oxygen atoms in total. The van der Waals surface area contributed by atoms with Crippen LogP contribution in [0.25, 0.3) is 11.3 Å². The topological polar surface area (TPSA) is 93.5 Å². The Kier molecular flexibility index (Phi) is 4.82. The van der Waals surface area contributed by atoms with Crippen LogP contribution < -0.4 is 9.46 Å². The molecule has 1 saturated carbocycles. The summed E-state index contributed by atoms with van der Waals surface area (Å²) in [5.41, 5.74) is 3.14. The summed E-state index contributed by atoms with van der Waals surface area (Å²) in [6.07, 6.45) is 4.95. The first-order chi connectivity index (χ1) is 16.4. The molecule has 3 aliphatic rings. The molecule has 9 heteroatoms. The van der Waals surface area contributed by atoms with Gasteiger partial charge in [-0.05, 0) is 49.2 Å². The standard InChI is InChI=1S/C25H26N4O4S/c1-28-23-20-4-2-3-5-22(20)33-25(21(23)16-26-28)12-14-29(15-13-25)24(30)17-6-10-19(11-7-17)34(31,32)27-18-8-9-18/h2-7,10-11,16,18,27H,8-9,12-15H2,1H3. The van der Waals surface area contributed by atoms with E-state index in [9.17, 15) is 13.2 Å². The lowest BCUT2D eigenvalue weighted by molar-refractivity contribution is -0.00172. The highest BCUT2D eigenvalue weighted by atomic mass is 32.2. The minimum atomic E-state index is -3.53. The Morgan fingerprint density at radius 3 is 2.50 bits per heavy atom. The fraction of sp³-hybridized carbons (Fsp3) is 0.360. The lowest BCUT2D eigenvalue weighted by Crippen LogP contribution is -2.49. The molecule has 6 rings (SSSR count). The summed E-state index contributed by atoms with van der Waals surface area (Å²) >= 11 is 0. The molecule has 1 spiro atoms. The second-order valence-electron chi connectivity index (χ2n) is 9.34. The molecule has 1 aliphatic carbocycles. The van der Waals surface area contributed by atoms with E-state index in [1.807, 2.05) is 47.1 Å². The molecular formula is C25H26N4O4S. The number of hydrogen-bond donors (Lipinski definition) is 1. The van der Waals surface area contributed by atoms with E-state index in [4.69, 9.17) is 4.74 Å². The number of likely N-dealkylation sites (tertiary alicyclic amines) is 1. The number of rotatable bonds is 4. The number of aryl methyl sites for hydroxylation is 1. The van der Waals surface area contributed by atoms with Crippen molar-refractivity contribution in [3.63, 3.8) is 0 Å². The quantitative estimate of drug-likeness (QED) is 0.622. The third-order valence-corrected chi connectivity index (χ3v) is 8.58. The average molecular weight is 479 g/mol. The summed E-state index contributed by atoms with van der Waals surface area (Å²) in [6.45, 7) is 1.08. The van der Waals surface area contributed by atoms with Gasteiger partial charge in [0.1, 0.15) is 11.4 Å². The molecule has 176 valence electrons. The third-order valence-electron chi connectivity index (χ3n) is 7.05. The summed E-state index contributed by atoms with van der Waals surface area (Å²) in [7, 11) is -1.59. The van der Waals surface area contributed by atoms with E-state index >= 15 is 0 Å². The molecule has 1 aromatic heterocycles. The molecule has 34 heavy (non-hydrogen) atoms. The van der Waals surface area contributed by atoms with E-state index in [2.05, 4.69) is 9.82 Å². The molecule has 1 saturated heterocycles. The Hall–Kier alpha value is -3.17. The first-order valence-corrected chi connectivity index (χ1v) is 13.1. The molecule has 2 fully saturated rings. The van der Waals surface area contributed by atoms with E-state index < -0.39 is 15.6 Å². The van der Waals surface area contributed by atoms with Gasteiger partial charge in [-0.2, -0.15) is 5.10 Å². The molecule has 0 radical (unpaired) electrons. The number of nitrogens with zero attached hydrogens (tertiary/aromatic N) is 3. The molecule has 2 aromatic carbocycles. The van der Waals surface area contributed by atoms with Crippen LogP contribution in [-0.4, -0.2) is 48.1 Å². The minimum absolute atomic E-state index is 0.0429. The van der Waals surface area contributed by atoms with Crippen molar-refractivity contribution >= 4 is 15.9 Å². The number of sulfonamides is 1. The number of nitrogens with one attached hydrogen (secondary N) is 1. The van der Waals surface area contributed by atoms with E-state index in [1.54, 1.807) is 12.1 Å². The van der Waals surface area contributed by atoms with Crippen LogP contribution in [0.4, 0.5) is 0 Å². The maximum absolute atomic E-state index is 13.2. The van der Waals surface area contributed by atoms with Gasteiger partial charge in [-0.3, -0.25) is 9.48 Å². The van der Waals surface area contributed by atoms with Crippen molar-refractivity contribution in [1.29, 1.82) is 0 Å². The van der Waals surface area contributed by atoms with Gasteiger partial charge in [0.2, 0.25) is 10.0 Å².